The molecule has 9 heteroatoms. The molecule has 0 saturated heterocycles. The van der Waals surface area contributed by atoms with Gasteiger partial charge in [0.25, 0.3) is 0 Å². The fourth-order valence-electron chi connectivity index (χ4n) is 3.42. The molecule has 7 nitrogen and oxygen atoms in total. The van der Waals surface area contributed by atoms with Gasteiger partial charge in [0.15, 0.2) is 10.8 Å². The van der Waals surface area contributed by atoms with Crippen LogP contribution >= 0.6 is 23.4 Å². The lowest BCUT2D eigenvalue weighted by Crippen LogP contribution is -2.27. The lowest BCUT2D eigenvalue weighted by molar-refractivity contribution is -0.118. The van der Waals surface area contributed by atoms with Crippen LogP contribution in [-0.2, 0) is 11.2 Å². The number of hydrogen-bond acceptors (Lipinski definition) is 5. The topological polar surface area (TPSA) is 76.6 Å². The summed E-state index contributed by atoms with van der Waals surface area (Å²) in [4.78, 5) is 12.2. The van der Waals surface area contributed by atoms with Gasteiger partial charge in [-0.2, -0.15) is 5.10 Å². The number of benzene rings is 2. The van der Waals surface area contributed by atoms with Gasteiger partial charge in [-0.05, 0) is 30.2 Å². The van der Waals surface area contributed by atoms with E-state index in [-0.39, 0.29) is 11.7 Å². The predicted octanol–water partition coefficient (Wildman–Crippen LogP) is 4.15. The van der Waals surface area contributed by atoms with Crippen molar-refractivity contribution in [2.24, 2.45) is 0 Å². The zero-order chi connectivity index (χ0) is 21.9. The highest BCUT2D eigenvalue weighted by Crippen LogP contribution is 2.25. The van der Waals surface area contributed by atoms with Crippen LogP contribution in [0.2, 0.25) is 5.02 Å². The second kappa shape index (κ2) is 9.02. The number of halogens is 1. The standard InChI is InChI=1S/C23H19ClN6OS/c24-18-8-6-17(7-9-18)19-14-20-22-26-27-23(29(22)12-13-30(20)28-19)32-15-21(31)25-11-10-16-4-2-1-3-5-16/h1-9,12-14H,10-11,15H2,(H,25,31). The zero-order valence-electron chi connectivity index (χ0n) is 17.0. The fraction of sp³-hybridized carbons (Fsp3) is 0.130. The summed E-state index contributed by atoms with van der Waals surface area (Å²) >= 11 is 7.35. The van der Waals surface area contributed by atoms with E-state index >= 15 is 0 Å². The molecule has 0 aliphatic carbocycles. The number of carbonyl (C=O) groups excluding carboxylic acids is 1. The van der Waals surface area contributed by atoms with E-state index in [9.17, 15) is 4.79 Å². The number of carbonyl (C=O) groups is 1. The lowest BCUT2D eigenvalue weighted by Gasteiger charge is -2.05. The smallest absolute Gasteiger partial charge is 0.230 e. The number of amides is 1. The molecule has 160 valence electrons. The summed E-state index contributed by atoms with van der Waals surface area (Å²) in [7, 11) is 0. The third kappa shape index (κ3) is 4.32. The number of thioether (sulfide) groups is 1. The van der Waals surface area contributed by atoms with E-state index in [0.29, 0.717) is 22.4 Å². The highest BCUT2D eigenvalue weighted by molar-refractivity contribution is 7.99. The van der Waals surface area contributed by atoms with Gasteiger partial charge < -0.3 is 5.32 Å². The van der Waals surface area contributed by atoms with Crippen molar-refractivity contribution in [1.82, 2.24) is 29.5 Å². The predicted molar refractivity (Wildman–Crippen MR) is 126 cm³/mol. The Balaban J connectivity index is 1.27. The van der Waals surface area contributed by atoms with E-state index in [4.69, 9.17) is 11.6 Å². The SMILES string of the molecule is O=C(CSc1nnc2c3cc(-c4ccc(Cl)cc4)nn3ccn12)NCCc1ccccc1. The molecule has 0 radical (unpaired) electrons. The third-order valence-corrected chi connectivity index (χ3v) is 6.23. The van der Waals surface area contributed by atoms with E-state index in [2.05, 4.69) is 32.7 Å². The van der Waals surface area contributed by atoms with Gasteiger partial charge in [-0.1, -0.05) is 65.8 Å². The van der Waals surface area contributed by atoms with E-state index in [0.717, 1.165) is 23.2 Å². The lowest BCUT2D eigenvalue weighted by atomic mass is 10.1. The van der Waals surface area contributed by atoms with E-state index in [1.54, 1.807) is 4.52 Å². The van der Waals surface area contributed by atoms with Crippen molar-refractivity contribution in [2.75, 3.05) is 12.3 Å². The van der Waals surface area contributed by atoms with Crippen LogP contribution in [0.15, 0.2) is 78.2 Å². The second-order valence-corrected chi connectivity index (χ2v) is 8.59. The molecule has 0 unspecified atom stereocenters. The van der Waals surface area contributed by atoms with Crippen molar-refractivity contribution in [2.45, 2.75) is 11.6 Å². The van der Waals surface area contributed by atoms with Gasteiger partial charge >= 0.3 is 0 Å². The molecule has 1 amide bonds. The van der Waals surface area contributed by atoms with Crippen LogP contribution < -0.4 is 5.32 Å². The van der Waals surface area contributed by atoms with Crippen LogP contribution in [0, 0.1) is 0 Å². The monoisotopic (exact) mass is 462 g/mol. The van der Waals surface area contributed by atoms with E-state index in [1.165, 1.54) is 17.3 Å². The Labute approximate surface area is 193 Å². The number of fused-ring (bicyclic) bond motifs is 3. The molecule has 0 aliphatic heterocycles. The van der Waals surface area contributed by atoms with Crippen molar-refractivity contribution in [3.8, 4) is 11.3 Å². The van der Waals surface area contributed by atoms with Crippen LogP contribution in [0.25, 0.3) is 22.4 Å². The van der Waals surface area contributed by atoms with Crippen LogP contribution in [-0.4, -0.2) is 42.4 Å². The maximum atomic E-state index is 12.2. The third-order valence-electron chi connectivity index (χ3n) is 5.04. The summed E-state index contributed by atoms with van der Waals surface area (Å²) < 4.78 is 3.66. The summed E-state index contributed by atoms with van der Waals surface area (Å²) in [6, 6.07) is 19.6. The molecule has 1 N–H and O–H groups in total. The molecular formula is C23H19ClN6OS. The van der Waals surface area contributed by atoms with E-state index < -0.39 is 0 Å². The van der Waals surface area contributed by atoms with Gasteiger partial charge in [-0.25, -0.2) is 4.52 Å². The molecule has 2 aromatic carbocycles. The average Bonchev–Trinajstić information content (AvgIpc) is 3.43. The van der Waals surface area contributed by atoms with Crippen LogP contribution in [0.4, 0.5) is 0 Å². The minimum absolute atomic E-state index is 0.0295. The maximum absolute atomic E-state index is 12.2. The Morgan fingerprint density at radius 3 is 2.66 bits per heavy atom. The van der Waals surface area contributed by atoms with Gasteiger partial charge in [0, 0.05) is 29.5 Å². The Morgan fingerprint density at radius 2 is 1.84 bits per heavy atom. The Kier molecular flexibility index (Phi) is 5.79. The minimum atomic E-state index is -0.0295. The Hall–Kier alpha value is -3.36. The van der Waals surface area contributed by atoms with Crippen molar-refractivity contribution in [3.63, 3.8) is 0 Å². The highest BCUT2D eigenvalue weighted by Gasteiger charge is 2.14. The molecule has 5 rings (SSSR count). The van der Waals surface area contributed by atoms with Crippen LogP contribution in [0.5, 0.6) is 0 Å². The first-order valence-corrected chi connectivity index (χ1v) is 11.5. The molecule has 0 bridgehead atoms. The first kappa shape index (κ1) is 20.5. The van der Waals surface area contributed by atoms with Crippen molar-refractivity contribution in [3.05, 3.63) is 83.6 Å². The Morgan fingerprint density at radius 1 is 1.03 bits per heavy atom. The van der Waals surface area contributed by atoms with Gasteiger partial charge in [0.2, 0.25) is 5.91 Å². The number of nitrogens with one attached hydrogen (secondary N) is 1. The summed E-state index contributed by atoms with van der Waals surface area (Å²) in [6.45, 7) is 0.605. The Bertz CT molecular complexity index is 1380. The largest absolute Gasteiger partial charge is 0.355 e. The van der Waals surface area contributed by atoms with Gasteiger partial charge in [0.1, 0.15) is 5.52 Å². The first-order chi connectivity index (χ1) is 15.7. The molecule has 0 saturated carbocycles. The summed E-state index contributed by atoms with van der Waals surface area (Å²) in [5.74, 6) is 0.244. The summed E-state index contributed by atoms with van der Waals surface area (Å²) in [5.41, 5.74) is 4.52. The van der Waals surface area contributed by atoms with Gasteiger partial charge in [-0.15, -0.1) is 10.2 Å². The average molecular weight is 463 g/mol. The molecule has 0 spiro atoms. The molecule has 0 aliphatic rings. The highest BCUT2D eigenvalue weighted by atomic mass is 35.5. The number of rotatable bonds is 7. The molecule has 0 atom stereocenters. The molecule has 3 heterocycles. The van der Waals surface area contributed by atoms with Gasteiger partial charge in [-0.3, -0.25) is 9.20 Å². The van der Waals surface area contributed by atoms with Crippen LogP contribution in [0.1, 0.15) is 5.56 Å². The van der Waals surface area contributed by atoms with Gasteiger partial charge in [0.05, 0.1) is 11.4 Å². The molecule has 5 aromatic rings. The number of hydrogen-bond donors (Lipinski definition) is 1. The van der Waals surface area contributed by atoms with Crippen molar-refractivity contribution in [1.29, 1.82) is 0 Å². The quantitative estimate of drug-likeness (QED) is 0.368. The minimum Gasteiger partial charge on any atom is -0.355 e. The van der Waals surface area contributed by atoms with Crippen molar-refractivity contribution >= 4 is 40.4 Å². The summed E-state index contributed by atoms with van der Waals surface area (Å²) in [5, 5.41) is 17.5. The zero-order valence-corrected chi connectivity index (χ0v) is 18.6. The fourth-order valence-corrected chi connectivity index (χ4v) is 4.30. The molecular weight excluding hydrogens is 444 g/mol. The summed E-state index contributed by atoms with van der Waals surface area (Å²) in [6.07, 6.45) is 4.52. The maximum Gasteiger partial charge on any atom is 0.230 e. The molecule has 3 aromatic heterocycles. The van der Waals surface area contributed by atoms with Crippen LogP contribution in [0.3, 0.4) is 0 Å². The number of nitrogens with zero attached hydrogens (tertiary/aromatic N) is 5. The van der Waals surface area contributed by atoms with Crippen molar-refractivity contribution < 1.29 is 4.79 Å². The van der Waals surface area contributed by atoms with E-state index in [1.807, 2.05) is 65.3 Å². The first-order valence-electron chi connectivity index (χ1n) is 10.1. The molecule has 32 heavy (non-hydrogen) atoms. The second-order valence-electron chi connectivity index (χ2n) is 7.21. The number of aromatic nitrogens is 5. The molecule has 0 fully saturated rings. The normalized spacial score (nSPS) is 11.3.